The topological polar surface area (TPSA) is 34.1 Å². The molecular weight excluding hydrogens is 248 g/mol. The van der Waals surface area contributed by atoms with Crippen LogP contribution in [0.1, 0.15) is 51.9 Å². The van der Waals surface area contributed by atoms with Crippen LogP contribution in [0.4, 0.5) is 0 Å². The Hall–Kier alpha value is -1.09. The second-order valence-corrected chi connectivity index (χ2v) is 5.92. The van der Waals surface area contributed by atoms with Gasteiger partial charge in [0, 0.05) is 5.69 Å². The minimum Gasteiger partial charge on any atom is -0.489 e. The summed E-state index contributed by atoms with van der Waals surface area (Å²) in [6.45, 7) is 12.9. The van der Waals surface area contributed by atoms with Gasteiger partial charge in [-0.3, -0.25) is 4.98 Å². The van der Waals surface area contributed by atoms with Crippen LogP contribution in [0.2, 0.25) is 0 Å². The van der Waals surface area contributed by atoms with E-state index in [4.69, 9.17) is 4.74 Å². The fraction of sp³-hybridized carbons (Fsp3) is 0.706. The van der Waals surface area contributed by atoms with E-state index in [1.165, 1.54) is 0 Å². The molecule has 114 valence electrons. The van der Waals surface area contributed by atoms with Crippen molar-refractivity contribution in [2.45, 2.75) is 60.0 Å². The lowest BCUT2D eigenvalue weighted by Crippen LogP contribution is -2.22. The number of pyridine rings is 1. The Balaban J connectivity index is 2.33. The predicted molar refractivity (Wildman–Crippen MR) is 85.4 cm³/mol. The molecular formula is C17H30N2O. The van der Waals surface area contributed by atoms with Gasteiger partial charge in [0.2, 0.25) is 0 Å². The zero-order valence-corrected chi connectivity index (χ0v) is 13.7. The summed E-state index contributed by atoms with van der Waals surface area (Å²) in [6.07, 6.45) is 3.38. The molecule has 0 saturated heterocycles. The Labute approximate surface area is 124 Å². The van der Waals surface area contributed by atoms with E-state index in [0.717, 1.165) is 55.4 Å². The Morgan fingerprint density at radius 3 is 2.65 bits per heavy atom. The number of aromatic nitrogens is 1. The van der Waals surface area contributed by atoms with E-state index in [-0.39, 0.29) is 6.10 Å². The predicted octanol–water partition coefficient (Wildman–Crippen LogP) is 3.75. The van der Waals surface area contributed by atoms with E-state index in [9.17, 15) is 0 Å². The minimum absolute atomic E-state index is 0.241. The number of hydrogen-bond donors (Lipinski definition) is 1. The molecule has 0 aromatic carbocycles. The lowest BCUT2D eigenvalue weighted by atomic mass is 10.2. The maximum absolute atomic E-state index is 6.03. The molecule has 0 spiro atoms. The van der Waals surface area contributed by atoms with Gasteiger partial charge in [0.25, 0.3) is 0 Å². The van der Waals surface area contributed by atoms with E-state index in [2.05, 4.69) is 44.1 Å². The largest absolute Gasteiger partial charge is 0.489 e. The van der Waals surface area contributed by atoms with E-state index < -0.39 is 0 Å². The van der Waals surface area contributed by atoms with Crippen molar-refractivity contribution in [3.63, 3.8) is 0 Å². The lowest BCUT2D eigenvalue weighted by molar-refractivity contribution is 0.204. The molecule has 1 heterocycles. The fourth-order valence-corrected chi connectivity index (χ4v) is 2.14. The number of nitrogens with zero attached hydrogens (tertiary/aromatic N) is 1. The smallest absolute Gasteiger partial charge is 0.141 e. The highest BCUT2D eigenvalue weighted by Crippen LogP contribution is 2.20. The van der Waals surface area contributed by atoms with Gasteiger partial charge in [-0.05, 0) is 64.3 Å². The van der Waals surface area contributed by atoms with Crippen LogP contribution in [0.5, 0.6) is 5.75 Å². The molecule has 0 amide bonds. The van der Waals surface area contributed by atoms with Crippen molar-refractivity contribution >= 4 is 0 Å². The molecule has 0 saturated carbocycles. The molecule has 0 radical (unpaired) electrons. The van der Waals surface area contributed by atoms with Gasteiger partial charge in [-0.15, -0.1) is 0 Å². The van der Waals surface area contributed by atoms with Crippen LogP contribution in [0.25, 0.3) is 0 Å². The van der Waals surface area contributed by atoms with Gasteiger partial charge >= 0.3 is 0 Å². The third-order valence-corrected chi connectivity index (χ3v) is 3.25. The molecule has 3 heteroatoms. The summed E-state index contributed by atoms with van der Waals surface area (Å²) >= 11 is 0. The molecule has 0 fully saturated rings. The first-order valence-corrected chi connectivity index (χ1v) is 7.86. The fourth-order valence-electron chi connectivity index (χ4n) is 2.14. The number of rotatable bonds is 9. The van der Waals surface area contributed by atoms with Crippen molar-refractivity contribution in [2.75, 3.05) is 13.1 Å². The molecule has 0 bridgehead atoms. The number of hydrogen-bond acceptors (Lipinski definition) is 3. The summed E-state index contributed by atoms with van der Waals surface area (Å²) in [5.74, 6) is 1.66. The first kappa shape index (κ1) is 17.0. The number of ether oxygens (including phenoxy) is 1. The molecule has 1 atom stereocenters. The first-order chi connectivity index (χ1) is 9.52. The summed E-state index contributed by atoms with van der Waals surface area (Å²) in [5, 5.41) is 3.47. The Morgan fingerprint density at radius 1 is 1.25 bits per heavy atom. The van der Waals surface area contributed by atoms with Gasteiger partial charge in [0.1, 0.15) is 5.75 Å². The van der Waals surface area contributed by atoms with Crippen LogP contribution in [-0.2, 0) is 6.42 Å². The van der Waals surface area contributed by atoms with Crippen LogP contribution in [-0.4, -0.2) is 24.2 Å². The number of nitrogens with one attached hydrogen (secondary N) is 1. The van der Waals surface area contributed by atoms with Crippen LogP contribution in [0, 0.1) is 12.8 Å². The summed E-state index contributed by atoms with van der Waals surface area (Å²) in [4.78, 5) is 4.54. The average molecular weight is 278 g/mol. The molecule has 1 unspecified atom stereocenters. The lowest BCUT2D eigenvalue weighted by Gasteiger charge is -2.17. The van der Waals surface area contributed by atoms with Crippen molar-refractivity contribution in [2.24, 2.45) is 5.92 Å². The zero-order chi connectivity index (χ0) is 15.0. The van der Waals surface area contributed by atoms with Crippen LogP contribution in [0.15, 0.2) is 12.1 Å². The highest BCUT2D eigenvalue weighted by atomic mass is 16.5. The molecule has 0 aliphatic rings. The van der Waals surface area contributed by atoms with E-state index in [0.29, 0.717) is 0 Å². The first-order valence-electron chi connectivity index (χ1n) is 7.86. The molecule has 1 rings (SSSR count). The molecule has 1 aromatic heterocycles. The Bertz CT molecular complexity index is 391. The molecule has 1 aromatic rings. The van der Waals surface area contributed by atoms with Crippen LogP contribution >= 0.6 is 0 Å². The summed E-state index contributed by atoms with van der Waals surface area (Å²) in [6, 6.07) is 4.07. The highest BCUT2D eigenvalue weighted by molar-refractivity contribution is 5.29. The van der Waals surface area contributed by atoms with Crippen molar-refractivity contribution in [1.29, 1.82) is 0 Å². The van der Waals surface area contributed by atoms with E-state index in [1.54, 1.807) is 0 Å². The van der Waals surface area contributed by atoms with Crippen molar-refractivity contribution in [3.05, 3.63) is 23.5 Å². The van der Waals surface area contributed by atoms with E-state index in [1.807, 2.05) is 13.0 Å². The average Bonchev–Trinajstić information content (AvgIpc) is 2.40. The Morgan fingerprint density at radius 2 is 2.00 bits per heavy atom. The SMILES string of the molecule is CCc1nc(C)ccc1OC(C)CCCNCC(C)C. The van der Waals surface area contributed by atoms with Gasteiger partial charge in [0.05, 0.1) is 11.8 Å². The van der Waals surface area contributed by atoms with Gasteiger partial charge in [-0.2, -0.15) is 0 Å². The second kappa shape index (κ2) is 8.96. The Kier molecular flexibility index (Phi) is 7.60. The van der Waals surface area contributed by atoms with Crippen molar-refractivity contribution in [1.82, 2.24) is 10.3 Å². The van der Waals surface area contributed by atoms with Gasteiger partial charge < -0.3 is 10.1 Å². The van der Waals surface area contributed by atoms with Crippen LogP contribution < -0.4 is 10.1 Å². The van der Waals surface area contributed by atoms with Crippen molar-refractivity contribution < 1.29 is 4.74 Å². The van der Waals surface area contributed by atoms with E-state index >= 15 is 0 Å². The zero-order valence-electron chi connectivity index (χ0n) is 13.7. The normalized spacial score (nSPS) is 12.7. The maximum Gasteiger partial charge on any atom is 0.141 e. The maximum atomic E-state index is 6.03. The third kappa shape index (κ3) is 6.38. The highest BCUT2D eigenvalue weighted by Gasteiger charge is 2.08. The molecule has 1 N–H and O–H groups in total. The molecule has 20 heavy (non-hydrogen) atoms. The monoisotopic (exact) mass is 278 g/mol. The van der Waals surface area contributed by atoms with Gasteiger partial charge in [-0.1, -0.05) is 20.8 Å². The van der Waals surface area contributed by atoms with Gasteiger partial charge in [0.15, 0.2) is 0 Å². The standard InChI is InChI=1S/C17H30N2O/c1-6-16-17(10-9-14(4)19-16)20-15(5)8-7-11-18-12-13(2)3/h9-10,13,15,18H,6-8,11-12H2,1-5H3. The summed E-state index contributed by atoms with van der Waals surface area (Å²) in [7, 11) is 0. The van der Waals surface area contributed by atoms with Gasteiger partial charge in [-0.25, -0.2) is 0 Å². The quantitative estimate of drug-likeness (QED) is 0.699. The summed E-state index contributed by atoms with van der Waals surface area (Å²) in [5.41, 5.74) is 2.12. The number of aryl methyl sites for hydroxylation is 2. The summed E-state index contributed by atoms with van der Waals surface area (Å²) < 4.78 is 6.03. The molecule has 0 aliphatic carbocycles. The minimum atomic E-state index is 0.241. The third-order valence-electron chi connectivity index (χ3n) is 3.25. The molecule has 3 nitrogen and oxygen atoms in total. The molecule has 0 aliphatic heterocycles. The second-order valence-electron chi connectivity index (χ2n) is 5.92. The van der Waals surface area contributed by atoms with Crippen molar-refractivity contribution in [3.8, 4) is 5.75 Å². The van der Waals surface area contributed by atoms with Crippen LogP contribution in [0.3, 0.4) is 0 Å².